The van der Waals surface area contributed by atoms with Crippen LogP contribution in [-0.2, 0) is 12.7 Å². The molecule has 0 spiro atoms. The summed E-state index contributed by atoms with van der Waals surface area (Å²) in [4.78, 5) is 18.2. The highest BCUT2D eigenvalue weighted by Crippen LogP contribution is 2.41. The van der Waals surface area contributed by atoms with Gasteiger partial charge in [-0.15, -0.1) is 0 Å². The second-order valence-corrected chi connectivity index (χ2v) is 12.9. The van der Waals surface area contributed by atoms with E-state index in [-0.39, 0.29) is 23.4 Å². The van der Waals surface area contributed by atoms with E-state index in [9.17, 15) is 18.0 Å². The Bertz CT molecular complexity index is 1190. The van der Waals surface area contributed by atoms with Crippen molar-refractivity contribution < 1.29 is 13.2 Å². The van der Waals surface area contributed by atoms with E-state index >= 15 is 0 Å². The van der Waals surface area contributed by atoms with Gasteiger partial charge in [0.15, 0.2) is 0 Å². The first-order chi connectivity index (χ1) is 18.5. The molecule has 0 aromatic carbocycles. The fraction of sp³-hybridized carbons (Fsp3) is 0.759. The van der Waals surface area contributed by atoms with E-state index in [2.05, 4.69) is 48.5 Å². The molecular weight excluding hydrogens is 505 g/mol. The summed E-state index contributed by atoms with van der Waals surface area (Å²) in [5.41, 5.74) is 6.13. The summed E-state index contributed by atoms with van der Waals surface area (Å²) in [5, 5.41) is 0. The lowest BCUT2D eigenvalue weighted by Gasteiger charge is -2.40. The quantitative estimate of drug-likeness (QED) is 0.504. The summed E-state index contributed by atoms with van der Waals surface area (Å²) in [7, 11) is 2.11. The zero-order valence-corrected chi connectivity index (χ0v) is 23.8. The molecule has 0 amide bonds. The third-order valence-corrected chi connectivity index (χ3v) is 9.19. The maximum absolute atomic E-state index is 14.3. The van der Waals surface area contributed by atoms with Gasteiger partial charge in [0.2, 0.25) is 0 Å². The first-order valence-corrected chi connectivity index (χ1v) is 14.8. The van der Waals surface area contributed by atoms with Crippen molar-refractivity contribution in [1.82, 2.24) is 29.6 Å². The number of hydrogen-bond donors (Lipinski definition) is 2. The van der Waals surface area contributed by atoms with Crippen LogP contribution in [0.3, 0.4) is 0 Å². The van der Waals surface area contributed by atoms with E-state index in [1.54, 1.807) is 10.8 Å². The van der Waals surface area contributed by atoms with Gasteiger partial charge in [-0.3, -0.25) is 18.8 Å². The van der Waals surface area contributed by atoms with E-state index in [4.69, 9.17) is 0 Å². The van der Waals surface area contributed by atoms with Crippen molar-refractivity contribution in [3.8, 4) is 0 Å². The summed E-state index contributed by atoms with van der Waals surface area (Å²) in [6.07, 6.45) is 5.72. The number of hydrogen-bond acceptors (Lipinski definition) is 5. The molecule has 5 atom stereocenters. The number of nitrogens with zero attached hydrogens (tertiary/aromatic N) is 4. The lowest BCUT2D eigenvalue weighted by Crippen LogP contribution is -2.46. The largest absolute Gasteiger partial charge is 0.418 e. The van der Waals surface area contributed by atoms with Crippen LogP contribution in [0.15, 0.2) is 23.3 Å². The molecular formula is C29H45F3N6O. The number of halogens is 3. The molecule has 2 N–H and O–H groups in total. The average molecular weight is 551 g/mol. The van der Waals surface area contributed by atoms with Crippen LogP contribution in [0.25, 0.3) is 5.52 Å². The molecule has 0 radical (unpaired) electrons. The Labute approximate surface area is 229 Å². The number of hydrazine groups is 1. The molecule has 2 aliphatic heterocycles. The number of pyridine rings is 1. The summed E-state index contributed by atoms with van der Waals surface area (Å²) in [5.74, 6) is 1.84. The third-order valence-electron chi connectivity index (χ3n) is 9.19. The van der Waals surface area contributed by atoms with Crippen LogP contribution in [0.2, 0.25) is 0 Å². The van der Waals surface area contributed by atoms with E-state index in [0.29, 0.717) is 35.8 Å². The zero-order chi connectivity index (χ0) is 27.9. The van der Waals surface area contributed by atoms with Gasteiger partial charge in [-0.05, 0) is 87.4 Å². The van der Waals surface area contributed by atoms with E-state index in [1.807, 2.05) is 0 Å². The Morgan fingerprint density at radius 3 is 2.59 bits per heavy atom. The van der Waals surface area contributed by atoms with Gasteiger partial charge in [0.1, 0.15) is 0 Å². The van der Waals surface area contributed by atoms with Gasteiger partial charge in [0, 0.05) is 31.5 Å². The maximum atomic E-state index is 14.3. The van der Waals surface area contributed by atoms with Gasteiger partial charge in [0.05, 0.1) is 23.9 Å². The summed E-state index contributed by atoms with van der Waals surface area (Å²) in [6.45, 7) is 9.61. The first-order valence-electron chi connectivity index (χ1n) is 14.8. The minimum atomic E-state index is -4.53. The minimum Gasteiger partial charge on any atom is -0.299 e. The monoisotopic (exact) mass is 550 g/mol. The third kappa shape index (κ3) is 6.24. The number of nitrogens with one attached hydrogen (secondary N) is 2. The van der Waals surface area contributed by atoms with Crippen LogP contribution in [0, 0.1) is 23.7 Å². The average Bonchev–Trinajstić information content (AvgIpc) is 3.44. The van der Waals surface area contributed by atoms with Crippen LogP contribution in [0.5, 0.6) is 0 Å². The molecule has 2 saturated heterocycles. The second-order valence-electron chi connectivity index (χ2n) is 12.9. The van der Waals surface area contributed by atoms with Gasteiger partial charge in [-0.1, -0.05) is 27.2 Å². The highest BCUT2D eigenvalue weighted by molar-refractivity contribution is 5.56. The Kier molecular flexibility index (Phi) is 8.48. The SMILES string of the molecule is CC(C)C[C@H](C1CCCC(n2cc3c(C(F)(F)F)cc(CN4CCC[C@H](C)C4)cn3c2=O)C1)C1NNCN1C. The molecule has 39 heavy (non-hydrogen) atoms. The van der Waals surface area contributed by atoms with Gasteiger partial charge in [0.25, 0.3) is 0 Å². The van der Waals surface area contributed by atoms with Crippen molar-refractivity contribution in [3.05, 3.63) is 40.1 Å². The number of aromatic nitrogens is 2. The highest BCUT2D eigenvalue weighted by Gasteiger charge is 2.39. The van der Waals surface area contributed by atoms with Crippen molar-refractivity contribution in [2.24, 2.45) is 23.7 Å². The molecule has 3 fully saturated rings. The van der Waals surface area contributed by atoms with Crippen LogP contribution >= 0.6 is 0 Å². The molecule has 218 valence electrons. The van der Waals surface area contributed by atoms with Crippen molar-refractivity contribution in [2.75, 3.05) is 26.8 Å². The van der Waals surface area contributed by atoms with Crippen LogP contribution < -0.4 is 16.5 Å². The summed E-state index contributed by atoms with van der Waals surface area (Å²) in [6, 6.07) is 1.16. The molecule has 3 unspecified atom stereocenters. The molecule has 5 rings (SSSR count). The summed E-state index contributed by atoms with van der Waals surface area (Å²) >= 11 is 0. The summed E-state index contributed by atoms with van der Waals surface area (Å²) < 4.78 is 45.7. The lowest BCUT2D eigenvalue weighted by atomic mass is 9.73. The molecule has 2 aromatic rings. The predicted octanol–water partition coefficient (Wildman–Crippen LogP) is 5.07. The molecule has 1 saturated carbocycles. The Hall–Kier alpha value is -1.88. The van der Waals surface area contributed by atoms with Crippen molar-refractivity contribution in [1.29, 1.82) is 0 Å². The minimum absolute atomic E-state index is 0.0366. The van der Waals surface area contributed by atoms with E-state index in [0.717, 1.165) is 64.7 Å². The van der Waals surface area contributed by atoms with Crippen molar-refractivity contribution in [3.63, 3.8) is 0 Å². The van der Waals surface area contributed by atoms with Gasteiger partial charge < -0.3 is 0 Å². The second kappa shape index (κ2) is 11.5. The molecule has 4 heterocycles. The number of alkyl halides is 3. The number of rotatable bonds is 7. The first kappa shape index (κ1) is 28.6. The number of likely N-dealkylation sites (tertiary alicyclic amines) is 1. The Morgan fingerprint density at radius 1 is 1.13 bits per heavy atom. The Balaban J connectivity index is 1.45. The number of fused-ring (bicyclic) bond motifs is 1. The van der Waals surface area contributed by atoms with Gasteiger partial charge in [-0.25, -0.2) is 15.6 Å². The molecule has 3 aliphatic rings. The fourth-order valence-corrected chi connectivity index (χ4v) is 7.41. The number of imidazole rings is 1. The Morgan fingerprint density at radius 2 is 1.92 bits per heavy atom. The van der Waals surface area contributed by atoms with Crippen LogP contribution in [0.1, 0.15) is 82.9 Å². The zero-order valence-electron chi connectivity index (χ0n) is 23.8. The highest BCUT2D eigenvalue weighted by atomic mass is 19.4. The predicted molar refractivity (Wildman–Crippen MR) is 147 cm³/mol. The molecule has 2 aromatic heterocycles. The normalized spacial score (nSPS) is 28.5. The van der Waals surface area contributed by atoms with Crippen molar-refractivity contribution >= 4 is 5.52 Å². The van der Waals surface area contributed by atoms with E-state index < -0.39 is 11.7 Å². The van der Waals surface area contributed by atoms with E-state index in [1.165, 1.54) is 16.7 Å². The van der Waals surface area contributed by atoms with Crippen molar-refractivity contribution in [2.45, 2.75) is 90.6 Å². The fourth-order valence-electron chi connectivity index (χ4n) is 7.41. The maximum Gasteiger partial charge on any atom is 0.418 e. The molecule has 7 nitrogen and oxygen atoms in total. The van der Waals surface area contributed by atoms with Gasteiger partial charge in [-0.2, -0.15) is 13.2 Å². The number of piperidine rings is 1. The smallest absolute Gasteiger partial charge is 0.299 e. The molecule has 10 heteroatoms. The van der Waals surface area contributed by atoms with Crippen LogP contribution in [-0.4, -0.2) is 51.7 Å². The molecule has 1 aliphatic carbocycles. The lowest BCUT2D eigenvalue weighted by molar-refractivity contribution is -0.136. The topological polar surface area (TPSA) is 57.0 Å². The standard InChI is InChI=1S/C29H45F3N6O/c1-19(2)11-24(27-34-33-18-35(27)4)22-8-5-9-23(13-22)37-17-26-25(29(30,31)32)12-21(16-38(26)28(37)39)15-36-10-6-7-20(3)14-36/h12,16-17,19-20,22-24,27,33-34H,5-11,13-15,18H2,1-4H3/t20-,22?,23?,24+,27?/m0/s1. The van der Waals surface area contributed by atoms with Gasteiger partial charge >= 0.3 is 11.9 Å². The van der Waals surface area contributed by atoms with Crippen LogP contribution in [0.4, 0.5) is 13.2 Å². The molecule has 0 bridgehead atoms.